The quantitative estimate of drug-likeness (QED) is 0.538. The lowest BCUT2D eigenvalue weighted by molar-refractivity contribution is -0.114. The molecule has 2 rings (SSSR count). The molecule has 0 bridgehead atoms. The van der Waals surface area contributed by atoms with Crippen molar-refractivity contribution in [3.8, 4) is 11.2 Å². The molecule has 0 saturated carbocycles. The van der Waals surface area contributed by atoms with Gasteiger partial charge in [0.2, 0.25) is 5.91 Å². The number of thioether (sulfide) groups is 1. The van der Waals surface area contributed by atoms with Crippen LogP contribution >= 0.6 is 11.8 Å². The van der Waals surface area contributed by atoms with Gasteiger partial charge in [0.25, 0.3) is 10.0 Å². The zero-order valence-corrected chi connectivity index (χ0v) is 16.7. The molecule has 0 fully saturated rings. The van der Waals surface area contributed by atoms with Crippen molar-refractivity contribution in [2.75, 3.05) is 17.1 Å². The van der Waals surface area contributed by atoms with E-state index in [-0.39, 0.29) is 16.5 Å². The van der Waals surface area contributed by atoms with Gasteiger partial charge in [-0.2, -0.15) is 5.26 Å². The smallest absolute Gasteiger partial charge is 0.261 e. The Bertz CT molecular complexity index is 998. The van der Waals surface area contributed by atoms with E-state index in [9.17, 15) is 13.2 Å². The first kappa shape index (κ1) is 20.6. The van der Waals surface area contributed by atoms with Crippen LogP contribution in [-0.2, 0) is 21.2 Å². The minimum atomic E-state index is -3.88. The molecule has 1 amide bonds. The van der Waals surface area contributed by atoms with Crippen molar-refractivity contribution in [3.05, 3.63) is 42.0 Å². The standard InChI is InChI=1S/C18H19N3O4S2/c1-4-13-9-14(26-11-19)5-7-16(13)21-27(23,24)15-6-8-18(25-3)17(10-15)20-12(2)22/h5-10,21H,4H2,1-3H3,(H,20,22). The summed E-state index contributed by atoms with van der Waals surface area (Å²) in [6, 6.07) is 9.32. The van der Waals surface area contributed by atoms with Gasteiger partial charge in [-0.1, -0.05) is 6.92 Å². The Morgan fingerprint density at radius 3 is 2.56 bits per heavy atom. The highest BCUT2D eigenvalue weighted by Gasteiger charge is 2.18. The van der Waals surface area contributed by atoms with Crippen molar-refractivity contribution in [3.63, 3.8) is 0 Å². The molecule has 0 aromatic heterocycles. The molecule has 0 aliphatic rings. The SMILES string of the molecule is CCc1cc(SC#N)ccc1NS(=O)(=O)c1ccc(OC)c(NC(C)=O)c1. The van der Waals surface area contributed by atoms with E-state index in [2.05, 4.69) is 10.0 Å². The van der Waals surface area contributed by atoms with Crippen LogP contribution < -0.4 is 14.8 Å². The molecule has 2 N–H and O–H groups in total. The van der Waals surface area contributed by atoms with Gasteiger partial charge >= 0.3 is 0 Å². The number of methoxy groups -OCH3 is 1. The fourth-order valence-electron chi connectivity index (χ4n) is 2.42. The fraction of sp³-hybridized carbons (Fsp3) is 0.222. The molecule has 0 atom stereocenters. The third-order valence-corrected chi connectivity index (χ3v) is 5.60. The molecule has 9 heteroatoms. The van der Waals surface area contributed by atoms with Crippen LogP contribution in [0.4, 0.5) is 11.4 Å². The van der Waals surface area contributed by atoms with Crippen LogP contribution in [0.15, 0.2) is 46.2 Å². The second-order valence-corrected chi connectivity index (χ2v) is 8.06. The van der Waals surface area contributed by atoms with Gasteiger partial charge in [0.15, 0.2) is 0 Å². The Balaban J connectivity index is 2.39. The number of nitrogens with zero attached hydrogens (tertiary/aromatic N) is 1. The molecule has 0 heterocycles. The lowest BCUT2D eigenvalue weighted by atomic mass is 10.1. The van der Waals surface area contributed by atoms with Gasteiger partial charge in [-0.25, -0.2) is 8.42 Å². The minimum Gasteiger partial charge on any atom is -0.495 e. The average molecular weight is 406 g/mol. The second kappa shape index (κ2) is 8.79. The molecule has 2 aromatic carbocycles. The largest absolute Gasteiger partial charge is 0.495 e. The maximum atomic E-state index is 12.8. The number of amides is 1. The Morgan fingerprint density at radius 1 is 1.22 bits per heavy atom. The van der Waals surface area contributed by atoms with Crippen molar-refractivity contribution < 1.29 is 17.9 Å². The monoisotopic (exact) mass is 405 g/mol. The number of ether oxygens (including phenoxy) is 1. The summed E-state index contributed by atoms with van der Waals surface area (Å²) in [7, 11) is -2.45. The highest BCUT2D eigenvalue weighted by Crippen LogP contribution is 2.30. The van der Waals surface area contributed by atoms with Crippen molar-refractivity contribution in [2.24, 2.45) is 0 Å². The van der Waals surface area contributed by atoms with E-state index in [1.54, 1.807) is 18.2 Å². The van der Waals surface area contributed by atoms with Crippen LogP contribution in [0.3, 0.4) is 0 Å². The molecule has 7 nitrogen and oxygen atoms in total. The zero-order chi connectivity index (χ0) is 20.0. The van der Waals surface area contributed by atoms with Crippen molar-refractivity contribution in [2.45, 2.75) is 30.1 Å². The second-order valence-electron chi connectivity index (χ2n) is 5.51. The number of carbonyl (C=O) groups excluding carboxylic acids is 1. The normalized spacial score (nSPS) is 10.7. The molecule has 0 spiro atoms. The average Bonchev–Trinajstić information content (AvgIpc) is 2.62. The maximum absolute atomic E-state index is 12.8. The number of anilines is 2. The molecule has 0 unspecified atom stereocenters. The number of carbonyl (C=O) groups is 1. The first-order chi connectivity index (χ1) is 12.8. The number of hydrogen-bond acceptors (Lipinski definition) is 6. The highest BCUT2D eigenvalue weighted by molar-refractivity contribution is 8.03. The van der Waals surface area contributed by atoms with E-state index < -0.39 is 10.0 Å². The number of hydrogen-bond donors (Lipinski definition) is 2. The van der Waals surface area contributed by atoms with Gasteiger partial charge in [-0.3, -0.25) is 9.52 Å². The van der Waals surface area contributed by atoms with E-state index >= 15 is 0 Å². The summed E-state index contributed by atoms with van der Waals surface area (Å²) in [5.41, 5.74) is 1.48. The van der Waals surface area contributed by atoms with Gasteiger partial charge in [-0.15, -0.1) is 0 Å². The molecule has 0 radical (unpaired) electrons. The van der Waals surface area contributed by atoms with Crippen LogP contribution in [0.25, 0.3) is 0 Å². The topological polar surface area (TPSA) is 108 Å². The third-order valence-electron chi connectivity index (χ3n) is 3.66. The highest BCUT2D eigenvalue weighted by atomic mass is 32.2. The molecule has 0 saturated heterocycles. The number of benzene rings is 2. The van der Waals surface area contributed by atoms with Crippen LogP contribution in [-0.4, -0.2) is 21.4 Å². The summed E-state index contributed by atoms with van der Waals surface area (Å²) < 4.78 is 33.3. The number of nitriles is 1. The number of thiocyanates is 1. The van der Waals surface area contributed by atoms with Gasteiger partial charge in [0.1, 0.15) is 11.2 Å². The molecule has 2 aromatic rings. The molecular formula is C18H19N3O4S2. The number of aryl methyl sites for hydroxylation is 1. The van der Waals surface area contributed by atoms with E-state index in [0.29, 0.717) is 17.9 Å². The lowest BCUT2D eigenvalue weighted by Crippen LogP contribution is -2.15. The Hall–Kier alpha value is -2.70. The number of sulfonamides is 1. The lowest BCUT2D eigenvalue weighted by Gasteiger charge is -2.15. The van der Waals surface area contributed by atoms with Crippen LogP contribution in [0.2, 0.25) is 0 Å². The zero-order valence-electron chi connectivity index (χ0n) is 15.1. The van der Waals surface area contributed by atoms with Gasteiger partial charge in [-0.05, 0) is 60.1 Å². The van der Waals surface area contributed by atoms with Crippen LogP contribution in [0.1, 0.15) is 19.4 Å². The van der Waals surface area contributed by atoms with Gasteiger partial charge in [0.05, 0.1) is 23.4 Å². The minimum absolute atomic E-state index is 0.00965. The Kier molecular flexibility index (Phi) is 6.71. The molecule has 27 heavy (non-hydrogen) atoms. The summed E-state index contributed by atoms with van der Waals surface area (Å²) >= 11 is 1.01. The first-order valence-electron chi connectivity index (χ1n) is 7.98. The van der Waals surface area contributed by atoms with E-state index in [1.807, 2.05) is 12.3 Å². The number of rotatable bonds is 7. The van der Waals surface area contributed by atoms with Crippen molar-refractivity contribution in [1.82, 2.24) is 0 Å². The predicted octanol–water partition coefficient (Wildman–Crippen LogP) is 3.59. The summed E-state index contributed by atoms with van der Waals surface area (Å²) in [4.78, 5) is 12.1. The fourth-order valence-corrected chi connectivity index (χ4v) is 3.99. The molecular weight excluding hydrogens is 386 g/mol. The Morgan fingerprint density at radius 2 is 1.96 bits per heavy atom. The van der Waals surface area contributed by atoms with Crippen LogP contribution in [0, 0.1) is 10.7 Å². The van der Waals surface area contributed by atoms with E-state index in [0.717, 1.165) is 22.2 Å². The molecule has 0 aliphatic heterocycles. The van der Waals surface area contributed by atoms with Crippen molar-refractivity contribution >= 4 is 39.1 Å². The third kappa shape index (κ3) is 5.15. The summed E-state index contributed by atoms with van der Waals surface area (Å²) in [5, 5.41) is 13.3. The van der Waals surface area contributed by atoms with Crippen LogP contribution in [0.5, 0.6) is 5.75 Å². The van der Waals surface area contributed by atoms with Gasteiger partial charge < -0.3 is 10.1 Å². The van der Waals surface area contributed by atoms with E-state index in [1.165, 1.54) is 32.2 Å². The van der Waals surface area contributed by atoms with E-state index in [4.69, 9.17) is 10.00 Å². The summed E-state index contributed by atoms with van der Waals surface area (Å²) in [6.07, 6.45) is 0.595. The first-order valence-corrected chi connectivity index (χ1v) is 10.3. The Labute approximate surface area is 162 Å². The summed E-state index contributed by atoms with van der Waals surface area (Å²) in [6.45, 7) is 3.23. The molecule has 0 aliphatic carbocycles. The number of nitrogens with one attached hydrogen (secondary N) is 2. The predicted molar refractivity (Wildman–Crippen MR) is 105 cm³/mol. The summed E-state index contributed by atoms with van der Waals surface area (Å²) in [5.74, 6) is 0.0194. The van der Waals surface area contributed by atoms with Crippen molar-refractivity contribution in [1.29, 1.82) is 5.26 Å². The molecule has 142 valence electrons. The maximum Gasteiger partial charge on any atom is 0.261 e. The van der Waals surface area contributed by atoms with Gasteiger partial charge in [0, 0.05) is 11.8 Å².